The second kappa shape index (κ2) is 3.94. The van der Waals surface area contributed by atoms with E-state index in [-0.39, 0.29) is 11.6 Å². The average Bonchev–Trinajstić information content (AvgIpc) is 2.49. The summed E-state index contributed by atoms with van der Waals surface area (Å²) in [5.41, 5.74) is 5.79. The van der Waals surface area contributed by atoms with Crippen molar-refractivity contribution >= 4 is 37.7 Å². The number of anilines is 1. The van der Waals surface area contributed by atoms with Crippen molar-refractivity contribution in [1.82, 2.24) is 5.16 Å². The highest BCUT2D eigenvalue weighted by Crippen LogP contribution is 2.37. The Labute approximate surface area is 102 Å². The summed E-state index contributed by atoms with van der Waals surface area (Å²) in [6.45, 7) is 0. The van der Waals surface area contributed by atoms with Gasteiger partial charge >= 0.3 is 0 Å². The molecule has 0 amide bonds. The fraction of sp³-hybridized carbons (Fsp3) is 0. The highest BCUT2D eigenvalue weighted by Gasteiger charge is 2.19. The number of nitrogens with zero attached hydrogens (tertiary/aromatic N) is 1. The number of benzene rings is 1. The number of hydrogen-bond acceptors (Lipinski definition) is 3. The van der Waals surface area contributed by atoms with Gasteiger partial charge in [0.2, 0.25) is 0 Å². The first-order valence-electron chi connectivity index (χ1n) is 3.96. The maximum atomic E-state index is 13.5. The summed E-state index contributed by atoms with van der Waals surface area (Å²) in [7, 11) is 0. The van der Waals surface area contributed by atoms with Gasteiger partial charge in [-0.3, -0.25) is 0 Å². The summed E-state index contributed by atoms with van der Waals surface area (Å²) in [5.74, 6) is 0.0684. The van der Waals surface area contributed by atoms with Crippen molar-refractivity contribution in [3.8, 4) is 11.3 Å². The molecule has 0 saturated carbocycles. The maximum absolute atomic E-state index is 13.5. The van der Waals surface area contributed by atoms with E-state index in [0.29, 0.717) is 14.5 Å². The van der Waals surface area contributed by atoms with Crippen LogP contribution in [-0.4, -0.2) is 5.16 Å². The van der Waals surface area contributed by atoms with Gasteiger partial charge in [0.05, 0.1) is 5.56 Å². The SMILES string of the molecule is Nc1noc(-c2c(F)cccc2Br)c1Br. The Morgan fingerprint density at radius 1 is 1.33 bits per heavy atom. The summed E-state index contributed by atoms with van der Waals surface area (Å²) in [6.07, 6.45) is 0. The van der Waals surface area contributed by atoms with Gasteiger partial charge in [-0.15, -0.1) is 0 Å². The molecule has 3 nitrogen and oxygen atoms in total. The van der Waals surface area contributed by atoms with Gasteiger partial charge in [0.15, 0.2) is 11.6 Å². The van der Waals surface area contributed by atoms with Crippen LogP contribution < -0.4 is 5.73 Å². The molecular weight excluding hydrogens is 331 g/mol. The molecule has 0 saturated heterocycles. The lowest BCUT2D eigenvalue weighted by molar-refractivity contribution is 0.432. The summed E-state index contributed by atoms with van der Waals surface area (Å²) in [4.78, 5) is 0. The third-order valence-electron chi connectivity index (χ3n) is 1.85. The minimum absolute atomic E-state index is 0.195. The minimum Gasteiger partial charge on any atom is -0.380 e. The molecule has 0 radical (unpaired) electrons. The summed E-state index contributed by atoms with van der Waals surface area (Å²) < 4.78 is 19.5. The quantitative estimate of drug-likeness (QED) is 0.866. The number of nitrogens with two attached hydrogens (primary N) is 1. The Morgan fingerprint density at radius 2 is 2.07 bits per heavy atom. The van der Waals surface area contributed by atoms with Crippen LogP contribution in [0, 0.1) is 5.82 Å². The normalized spacial score (nSPS) is 10.6. The molecular formula is C9H5Br2FN2O. The molecule has 0 bridgehead atoms. The number of halogens is 3. The van der Waals surface area contributed by atoms with Crippen LogP contribution >= 0.6 is 31.9 Å². The van der Waals surface area contributed by atoms with Crippen LogP contribution in [0.1, 0.15) is 0 Å². The molecule has 0 aliphatic carbocycles. The second-order valence-electron chi connectivity index (χ2n) is 2.81. The molecule has 2 rings (SSSR count). The van der Waals surface area contributed by atoms with Gasteiger partial charge in [0.25, 0.3) is 0 Å². The van der Waals surface area contributed by atoms with E-state index in [1.54, 1.807) is 12.1 Å². The zero-order valence-corrected chi connectivity index (χ0v) is 10.5. The summed E-state index contributed by atoms with van der Waals surface area (Å²) >= 11 is 6.42. The van der Waals surface area contributed by atoms with Gasteiger partial charge in [-0.05, 0) is 44.0 Å². The zero-order chi connectivity index (χ0) is 11.0. The second-order valence-corrected chi connectivity index (χ2v) is 4.45. The monoisotopic (exact) mass is 334 g/mol. The molecule has 2 N–H and O–H groups in total. The van der Waals surface area contributed by atoms with Crippen molar-refractivity contribution in [1.29, 1.82) is 0 Å². The van der Waals surface area contributed by atoms with E-state index >= 15 is 0 Å². The van der Waals surface area contributed by atoms with Crippen LogP contribution in [0.4, 0.5) is 10.2 Å². The smallest absolute Gasteiger partial charge is 0.187 e. The lowest BCUT2D eigenvalue weighted by Gasteiger charge is -2.01. The van der Waals surface area contributed by atoms with E-state index in [1.807, 2.05) is 0 Å². The molecule has 0 aliphatic rings. The first-order valence-corrected chi connectivity index (χ1v) is 5.55. The predicted molar refractivity (Wildman–Crippen MR) is 61.7 cm³/mol. The van der Waals surface area contributed by atoms with E-state index in [9.17, 15) is 4.39 Å². The first-order chi connectivity index (χ1) is 7.11. The highest BCUT2D eigenvalue weighted by atomic mass is 79.9. The van der Waals surface area contributed by atoms with Crippen molar-refractivity contribution in [2.75, 3.05) is 5.73 Å². The molecule has 15 heavy (non-hydrogen) atoms. The van der Waals surface area contributed by atoms with Crippen LogP contribution in [0.3, 0.4) is 0 Å². The molecule has 1 aromatic carbocycles. The standard InChI is InChI=1S/C9H5Br2FN2O/c10-4-2-1-3-5(12)6(4)8-7(11)9(13)14-15-8/h1-3H,(H2,13,14). The molecule has 0 atom stereocenters. The fourth-order valence-electron chi connectivity index (χ4n) is 1.16. The van der Waals surface area contributed by atoms with Gasteiger partial charge in [-0.25, -0.2) is 4.39 Å². The number of rotatable bonds is 1. The average molecular weight is 336 g/mol. The molecule has 78 valence electrons. The maximum Gasteiger partial charge on any atom is 0.187 e. The molecule has 0 spiro atoms. The highest BCUT2D eigenvalue weighted by molar-refractivity contribution is 9.11. The minimum atomic E-state index is -0.402. The van der Waals surface area contributed by atoms with Crippen LogP contribution in [0.15, 0.2) is 31.7 Å². The van der Waals surface area contributed by atoms with Crippen molar-refractivity contribution < 1.29 is 8.91 Å². The Morgan fingerprint density at radius 3 is 2.60 bits per heavy atom. The van der Waals surface area contributed by atoms with E-state index < -0.39 is 5.82 Å². The summed E-state index contributed by atoms with van der Waals surface area (Å²) in [5, 5.41) is 3.54. The molecule has 1 heterocycles. The number of nitrogen functional groups attached to an aromatic ring is 1. The largest absolute Gasteiger partial charge is 0.380 e. The third-order valence-corrected chi connectivity index (χ3v) is 3.28. The third kappa shape index (κ3) is 1.79. The van der Waals surface area contributed by atoms with Gasteiger partial charge < -0.3 is 10.3 Å². The van der Waals surface area contributed by atoms with E-state index in [1.165, 1.54) is 6.07 Å². The van der Waals surface area contributed by atoms with E-state index in [2.05, 4.69) is 37.0 Å². The van der Waals surface area contributed by atoms with Crippen molar-refractivity contribution in [3.63, 3.8) is 0 Å². The Balaban J connectivity index is 2.69. The van der Waals surface area contributed by atoms with E-state index in [0.717, 1.165) is 0 Å². The lowest BCUT2D eigenvalue weighted by atomic mass is 10.1. The molecule has 2 aromatic rings. The lowest BCUT2D eigenvalue weighted by Crippen LogP contribution is -1.86. The fourth-order valence-corrected chi connectivity index (χ4v) is 2.03. The van der Waals surface area contributed by atoms with Gasteiger partial charge in [0.1, 0.15) is 10.3 Å². The van der Waals surface area contributed by atoms with E-state index in [4.69, 9.17) is 10.3 Å². The topological polar surface area (TPSA) is 52.0 Å². The molecule has 6 heteroatoms. The zero-order valence-electron chi connectivity index (χ0n) is 7.30. The Kier molecular flexibility index (Phi) is 2.79. The predicted octanol–water partition coefficient (Wildman–Crippen LogP) is 3.59. The first kappa shape index (κ1) is 10.6. The van der Waals surface area contributed by atoms with Crippen molar-refractivity contribution in [3.05, 3.63) is 33.0 Å². The molecule has 0 fully saturated rings. The van der Waals surface area contributed by atoms with Crippen LogP contribution in [0.5, 0.6) is 0 Å². The number of aromatic nitrogens is 1. The van der Waals surface area contributed by atoms with Gasteiger partial charge in [-0.1, -0.05) is 11.2 Å². The summed E-state index contributed by atoms with van der Waals surface area (Å²) in [6, 6.07) is 4.64. The van der Waals surface area contributed by atoms with Crippen LogP contribution in [0.25, 0.3) is 11.3 Å². The van der Waals surface area contributed by atoms with Crippen LogP contribution in [-0.2, 0) is 0 Å². The van der Waals surface area contributed by atoms with Crippen molar-refractivity contribution in [2.24, 2.45) is 0 Å². The van der Waals surface area contributed by atoms with Gasteiger partial charge in [-0.2, -0.15) is 0 Å². The van der Waals surface area contributed by atoms with Gasteiger partial charge in [0, 0.05) is 4.47 Å². The van der Waals surface area contributed by atoms with Crippen molar-refractivity contribution in [2.45, 2.75) is 0 Å². The molecule has 0 aliphatic heterocycles. The number of hydrogen-bond donors (Lipinski definition) is 1. The Bertz CT molecular complexity index is 493. The molecule has 0 unspecified atom stereocenters. The molecule has 1 aromatic heterocycles. The Hall–Kier alpha value is -0.880. The van der Waals surface area contributed by atoms with Crippen LogP contribution in [0.2, 0.25) is 0 Å².